The second-order valence-electron chi connectivity index (χ2n) is 3.72. The quantitative estimate of drug-likeness (QED) is 0.464. The van der Waals surface area contributed by atoms with Crippen LogP contribution in [0.2, 0.25) is 0 Å². The molecule has 0 spiro atoms. The van der Waals surface area contributed by atoms with Crippen molar-refractivity contribution in [2.75, 3.05) is 14.1 Å². The highest BCUT2D eigenvalue weighted by Crippen LogP contribution is 2.11. The molecular weight excluding hydrogens is 142 g/mol. The van der Waals surface area contributed by atoms with Crippen LogP contribution in [0.3, 0.4) is 0 Å². The van der Waals surface area contributed by atoms with E-state index in [0.29, 0.717) is 0 Å². The standard InChI is InChI=1S/C8H19NO2/c1-7(11-9(5)6)10-8(2,3)4/h7H,1-6H3. The minimum atomic E-state index is -0.190. The van der Waals surface area contributed by atoms with Gasteiger partial charge in [-0.05, 0) is 27.7 Å². The second-order valence-corrected chi connectivity index (χ2v) is 3.72. The van der Waals surface area contributed by atoms with E-state index in [-0.39, 0.29) is 11.9 Å². The van der Waals surface area contributed by atoms with Gasteiger partial charge in [-0.25, -0.2) is 0 Å². The fraction of sp³-hybridized carbons (Fsp3) is 1.00. The van der Waals surface area contributed by atoms with E-state index in [1.807, 2.05) is 41.8 Å². The molecule has 0 rings (SSSR count). The van der Waals surface area contributed by atoms with Gasteiger partial charge in [-0.3, -0.25) is 4.84 Å². The summed E-state index contributed by atoms with van der Waals surface area (Å²) in [5, 5.41) is 1.64. The summed E-state index contributed by atoms with van der Waals surface area (Å²) in [6, 6.07) is 0. The first-order valence-electron chi connectivity index (χ1n) is 3.83. The van der Waals surface area contributed by atoms with Gasteiger partial charge >= 0.3 is 0 Å². The van der Waals surface area contributed by atoms with Crippen LogP contribution in [0.25, 0.3) is 0 Å². The summed E-state index contributed by atoms with van der Waals surface area (Å²) < 4.78 is 5.48. The Hall–Kier alpha value is -0.120. The van der Waals surface area contributed by atoms with Gasteiger partial charge in [-0.1, -0.05) is 0 Å². The molecule has 0 amide bonds. The summed E-state index contributed by atoms with van der Waals surface area (Å²) in [4.78, 5) is 5.24. The molecule has 1 unspecified atom stereocenters. The van der Waals surface area contributed by atoms with Crippen molar-refractivity contribution in [1.29, 1.82) is 0 Å². The van der Waals surface area contributed by atoms with Crippen LogP contribution in [-0.2, 0) is 9.57 Å². The SMILES string of the molecule is CC(ON(C)C)OC(C)(C)C. The van der Waals surface area contributed by atoms with Crippen molar-refractivity contribution in [3.63, 3.8) is 0 Å². The summed E-state index contributed by atoms with van der Waals surface area (Å²) in [7, 11) is 3.67. The maximum atomic E-state index is 5.48. The highest BCUT2D eigenvalue weighted by Gasteiger charge is 2.15. The van der Waals surface area contributed by atoms with Crippen LogP contribution in [0.15, 0.2) is 0 Å². The number of hydrogen-bond donors (Lipinski definition) is 0. The van der Waals surface area contributed by atoms with E-state index in [2.05, 4.69) is 0 Å². The van der Waals surface area contributed by atoms with Gasteiger partial charge in [0.15, 0.2) is 6.29 Å². The van der Waals surface area contributed by atoms with Gasteiger partial charge < -0.3 is 4.74 Å². The third-order valence-electron chi connectivity index (χ3n) is 0.879. The molecule has 0 aromatic rings. The molecule has 11 heavy (non-hydrogen) atoms. The molecule has 0 aromatic heterocycles. The summed E-state index contributed by atoms with van der Waals surface area (Å²) >= 11 is 0. The number of ether oxygens (including phenoxy) is 1. The predicted octanol–water partition coefficient (Wildman–Crippen LogP) is 1.64. The fourth-order valence-electron chi connectivity index (χ4n) is 0.816. The Morgan fingerprint density at radius 1 is 1.18 bits per heavy atom. The van der Waals surface area contributed by atoms with Crippen LogP contribution in [0.1, 0.15) is 27.7 Å². The van der Waals surface area contributed by atoms with Crippen molar-refractivity contribution in [3.05, 3.63) is 0 Å². The summed E-state index contributed by atoms with van der Waals surface area (Å²) in [6.45, 7) is 7.89. The topological polar surface area (TPSA) is 21.7 Å². The van der Waals surface area contributed by atoms with Crippen LogP contribution in [0.5, 0.6) is 0 Å². The van der Waals surface area contributed by atoms with Crippen molar-refractivity contribution < 1.29 is 9.57 Å². The maximum absolute atomic E-state index is 5.48. The van der Waals surface area contributed by atoms with Crippen molar-refractivity contribution in [3.8, 4) is 0 Å². The third kappa shape index (κ3) is 7.78. The van der Waals surface area contributed by atoms with Gasteiger partial charge in [0, 0.05) is 14.1 Å². The number of nitrogens with zero attached hydrogens (tertiary/aromatic N) is 1. The van der Waals surface area contributed by atoms with E-state index in [9.17, 15) is 0 Å². The summed E-state index contributed by atoms with van der Waals surface area (Å²) in [6.07, 6.45) is -0.190. The highest BCUT2D eigenvalue weighted by molar-refractivity contribution is 4.58. The van der Waals surface area contributed by atoms with Gasteiger partial charge in [0.2, 0.25) is 0 Å². The Kier molecular flexibility index (Phi) is 4.00. The molecule has 3 heteroatoms. The lowest BCUT2D eigenvalue weighted by atomic mass is 10.2. The van der Waals surface area contributed by atoms with Crippen molar-refractivity contribution in [1.82, 2.24) is 5.06 Å². The van der Waals surface area contributed by atoms with E-state index >= 15 is 0 Å². The van der Waals surface area contributed by atoms with Gasteiger partial charge in [0.05, 0.1) is 5.60 Å². The van der Waals surface area contributed by atoms with E-state index in [1.165, 1.54) is 0 Å². The van der Waals surface area contributed by atoms with Crippen LogP contribution in [0, 0.1) is 0 Å². The van der Waals surface area contributed by atoms with Crippen molar-refractivity contribution >= 4 is 0 Å². The third-order valence-corrected chi connectivity index (χ3v) is 0.879. The minimum Gasteiger partial charge on any atom is -0.346 e. The molecule has 1 atom stereocenters. The first-order chi connectivity index (χ1) is 4.81. The lowest BCUT2D eigenvalue weighted by Gasteiger charge is -2.26. The van der Waals surface area contributed by atoms with Crippen LogP contribution in [-0.4, -0.2) is 31.0 Å². The minimum absolute atomic E-state index is 0.143. The number of hydrogen-bond acceptors (Lipinski definition) is 3. The Bertz CT molecular complexity index is 107. The van der Waals surface area contributed by atoms with E-state index < -0.39 is 0 Å². The van der Waals surface area contributed by atoms with Gasteiger partial charge in [-0.15, -0.1) is 0 Å². The van der Waals surface area contributed by atoms with Gasteiger partial charge in [0.25, 0.3) is 0 Å². The van der Waals surface area contributed by atoms with Gasteiger partial charge in [0.1, 0.15) is 0 Å². The van der Waals surface area contributed by atoms with Crippen LogP contribution in [0.4, 0.5) is 0 Å². The molecule has 3 nitrogen and oxygen atoms in total. The summed E-state index contributed by atoms with van der Waals surface area (Å²) in [5.74, 6) is 0. The molecule has 0 aliphatic heterocycles. The van der Waals surface area contributed by atoms with Crippen LogP contribution >= 0.6 is 0 Å². The maximum Gasteiger partial charge on any atom is 0.175 e. The van der Waals surface area contributed by atoms with Gasteiger partial charge in [-0.2, -0.15) is 5.06 Å². The molecule has 68 valence electrons. The molecule has 0 saturated heterocycles. The smallest absolute Gasteiger partial charge is 0.175 e. The fourth-order valence-corrected chi connectivity index (χ4v) is 0.816. The van der Waals surface area contributed by atoms with E-state index in [0.717, 1.165) is 0 Å². The molecular formula is C8H19NO2. The predicted molar refractivity (Wildman–Crippen MR) is 45.1 cm³/mol. The Labute approximate surface area is 69.2 Å². The molecule has 0 fully saturated rings. The molecule has 0 radical (unpaired) electrons. The molecule has 0 saturated carbocycles. The molecule has 0 bridgehead atoms. The molecule has 0 N–H and O–H groups in total. The van der Waals surface area contributed by atoms with E-state index in [4.69, 9.17) is 9.57 Å². The molecule has 0 aliphatic rings. The second kappa shape index (κ2) is 4.04. The van der Waals surface area contributed by atoms with Crippen LogP contribution < -0.4 is 0 Å². The Morgan fingerprint density at radius 2 is 1.64 bits per heavy atom. The first kappa shape index (κ1) is 10.9. The zero-order valence-corrected chi connectivity index (χ0v) is 8.34. The lowest BCUT2D eigenvalue weighted by Crippen LogP contribution is -2.31. The number of rotatable bonds is 3. The lowest BCUT2D eigenvalue weighted by molar-refractivity contribution is -0.278. The number of hydroxylamine groups is 2. The average molecular weight is 161 g/mol. The summed E-state index contributed by atoms with van der Waals surface area (Å²) in [5.41, 5.74) is -0.143. The largest absolute Gasteiger partial charge is 0.346 e. The van der Waals surface area contributed by atoms with Crippen molar-refractivity contribution in [2.24, 2.45) is 0 Å². The average Bonchev–Trinajstić information content (AvgIpc) is 1.53. The highest BCUT2D eigenvalue weighted by atomic mass is 16.8. The van der Waals surface area contributed by atoms with E-state index in [1.54, 1.807) is 5.06 Å². The zero-order chi connectivity index (χ0) is 9.07. The monoisotopic (exact) mass is 161 g/mol. The molecule has 0 heterocycles. The normalized spacial score (nSPS) is 15.5. The molecule has 0 aromatic carbocycles. The zero-order valence-electron chi connectivity index (χ0n) is 8.34. The molecule has 0 aliphatic carbocycles. The Morgan fingerprint density at radius 3 is 1.91 bits per heavy atom. The Balaban J connectivity index is 3.61. The van der Waals surface area contributed by atoms with Crippen molar-refractivity contribution in [2.45, 2.75) is 39.6 Å². The first-order valence-corrected chi connectivity index (χ1v) is 3.83.